The number of unbranched alkanes of at least 4 members (excludes halogenated alkanes) is 1. The Labute approximate surface area is 121 Å². The number of ketones is 1. The predicted molar refractivity (Wildman–Crippen MR) is 62.0 cm³/mol. The van der Waals surface area contributed by atoms with Crippen molar-refractivity contribution in [2.45, 2.75) is 40.5 Å². The molecule has 0 aromatic heterocycles. The minimum Gasteiger partial charge on any atom is -0.530 e. The number of nitrogens with one attached hydrogen (secondary N) is 1. The molecule has 0 aliphatic rings. The Kier molecular flexibility index (Phi) is 27.2. The molecule has 1 atom stereocenters. The maximum atomic E-state index is 10.8. The summed E-state index contributed by atoms with van der Waals surface area (Å²) in [6.07, 6.45) is 4.43. The summed E-state index contributed by atoms with van der Waals surface area (Å²) >= 11 is 0. The quantitative estimate of drug-likeness (QED) is 0.285. The summed E-state index contributed by atoms with van der Waals surface area (Å²) in [6.45, 7) is 4.21. The Balaban J connectivity index is -0.000000101. The van der Waals surface area contributed by atoms with Gasteiger partial charge in [-0.3, -0.25) is 4.79 Å². The number of amides is 1. The van der Waals surface area contributed by atoms with E-state index in [2.05, 4.69) is 5.32 Å². The summed E-state index contributed by atoms with van der Waals surface area (Å²) in [4.78, 5) is 20.5. The van der Waals surface area contributed by atoms with Gasteiger partial charge in [0.25, 0.3) is 0 Å². The number of hydrogen-bond acceptors (Lipinski definition) is 2. The van der Waals surface area contributed by atoms with Crippen LogP contribution in [0, 0.1) is 37.0 Å². The van der Waals surface area contributed by atoms with Crippen LogP contribution in [0.25, 0.3) is 0 Å². The van der Waals surface area contributed by atoms with Gasteiger partial charge in [0.15, 0.2) is 0 Å². The normalized spacial score (nSPS) is 9.73. The largest absolute Gasteiger partial charge is 0.530 e. The first kappa shape index (κ1) is 24.5. The molecule has 0 rings (SSSR count). The second-order valence-corrected chi connectivity index (χ2v) is 3.04. The first-order chi connectivity index (χ1) is 5.68. The Hall–Kier alpha value is 0.257. The van der Waals surface area contributed by atoms with E-state index in [0.717, 1.165) is 19.3 Å². The van der Waals surface area contributed by atoms with Gasteiger partial charge in [0.1, 0.15) is 5.78 Å². The average Bonchev–Trinajstić information content (AvgIpc) is 2.03. The number of carbonyl (C=O) groups excluding carboxylic acids is 2. The Bertz CT molecular complexity index is 162. The van der Waals surface area contributed by atoms with Crippen molar-refractivity contribution < 1.29 is 42.1 Å². The Morgan fingerprint density at radius 1 is 1.47 bits per heavy atom. The van der Waals surface area contributed by atoms with Crippen LogP contribution in [0.4, 0.5) is 0 Å². The van der Waals surface area contributed by atoms with Gasteiger partial charge >= 0.3 is 0 Å². The molecule has 0 spiro atoms. The van der Waals surface area contributed by atoms with Crippen molar-refractivity contribution in [1.82, 2.24) is 5.32 Å². The number of rotatable bonds is 7. The van der Waals surface area contributed by atoms with E-state index in [0.29, 0.717) is 6.54 Å². The third kappa shape index (κ3) is 16.9. The molecular weight excluding hydrogens is 415 g/mol. The van der Waals surface area contributed by atoms with Crippen LogP contribution in [-0.2, 0) is 9.59 Å². The topological polar surface area (TPSA) is 46.2 Å². The van der Waals surface area contributed by atoms with Crippen LogP contribution in [0.2, 0.25) is 0 Å². The van der Waals surface area contributed by atoms with Gasteiger partial charge in [0.05, 0.1) is 0 Å². The second-order valence-electron chi connectivity index (χ2n) is 3.04. The van der Waals surface area contributed by atoms with Crippen molar-refractivity contribution in [3.8, 4) is 0 Å². The summed E-state index contributed by atoms with van der Waals surface area (Å²) in [5.41, 5.74) is 0. The maximum absolute atomic E-state index is 10.8. The van der Waals surface area contributed by atoms with Gasteiger partial charge in [-0.1, -0.05) is 20.8 Å². The number of carbonyl (C=O) groups is 1. The minimum atomic E-state index is 0. The van der Waals surface area contributed by atoms with E-state index in [9.17, 15) is 9.59 Å². The third-order valence-corrected chi connectivity index (χ3v) is 1.96. The number of hydrogen-bond donors (Lipinski definition) is 1. The molecule has 3 radical (unpaired) electrons. The van der Waals surface area contributed by atoms with Crippen LogP contribution in [-0.4, -0.2) is 27.2 Å². The smallest absolute Gasteiger partial charge is 0.132 e. The fourth-order valence-corrected chi connectivity index (χ4v) is 0.918. The molecule has 15 heavy (non-hydrogen) atoms. The fourth-order valence-electron chi connectivity index (χ4n) is 0.918. The summed E-state index contributed by atoms with van der Waals surface area (Å²) in [7, 11) is 0. The Morgan fingerprint density at radius 3 is 2.40 bits per heavy atom. The molecule has 87 valence electrons. The standard InChI is InChI=1S/C9H16NO2.CH4.B.U.H2/c1-8(9(2)12)5-3-4-6-10-7-11;;;;/h8H,3-6H2,1-2H3,(H,10,11);1H4;;;1H/q-1;;;;/t8-;;;;/m0..../s1. The molecule has 1 amide bonds. The SMILES string of the molecule is C.CC(=O)[C@@H](C)CCCCN[C-]=O.[B].[HH].[U]. The van der Waals surface area contributed by atoms with Crippen molar-refractivity contribution in [3.63, 3.8) is 0 Å². The van der Waals surface area contributed by atoms with Crippen LogP contribution in [0.3, 0.4) is 0 Å². The summed E-state index contributed by atoms with van der Waals surface area (Å²) in [6, 6.07) is 0. The van der Waals surface area contributed by atoms with Crippen LogP contribution in [0.1, 0.15) is 42.0 Å². The number of Topliss-reactive ketones (excluding diaryl/α,β-unsaturated/α-hetero) is 1. The van der Waals surface area contributed by atoms with Crippen molar-refractivity contribution in [2.75, 3.05) is 6.54 Å². The molecule has 0 bridgehead atoms. The van der Waals surface area contributed by atoms with E-state index in [-0.39, 0.29) is 60.1 Å². The molecule has 0 aromatic carbocycles. The van der Waals surface area contributed by atoms with Gasteiger partial charge < -0.3 is 10.1 Å². The minimum absolute atomic E-state index is 0. The zero-order valence-corrected chi connectivity index (χ0v) is 13.0. The van der Waals surface area contributed by atoms with Crippen LogP contribution < -0.4 is 5.32 Å². The summed E-state index contributed by atoms with van der Waals surface area (Å²) < 4.78 is 0. The maximum Gasteiger partial charge on any atom is 0.132 e. The zero-order chi connectivity index (χ0) is 9.40. The molecule has 0 aliphatic carbocycles. The average molecular weight is 437 g/mol. The van der Waals surface area contributed by atoms with E-state index < -0.39 is 0 Å². The molecule has 5 heteroatoms. The molecule has 0 saturated carbocycles. The zero-order valence-electron chi connectivity index (χ0n) is 8.80. The van der Waals surface area contributed by atoms with E-state index in [1.807, 2.05) is 6.92 Å². The second kappa shape index (κ2) is 16.7. The van der Waals surface area contributed by atoms with Crippen LogP contribution >= 0.6 is 0 Å². The first-order valence-corrected chi connectivity index (χ1v) is 4.29. The van der Waals surface area contributed by atoms with E-state index in [4.69, 9.17) is 0 Å². The molecule has 0 unspecified atom stereocenters. The van der Waals surface area contributed by atoms with Gasteiger partial charge in [-0.15, -0.1) is 0 Å². The van der Waals surface area contributed by atoms with Crippen molar-refractivity contribution in [1.29, 1.82) is 0 Å². The molecule has 0 aromatic rings. The van der Waals surface area contributed by atoms with Crippen molar-refractivity contribution in [2.24, 2.45) is 5.92 Å². The summed E-state index contributed by atoms with van der Waals surface area (Å²) in [5.74, 6) is 0.398. The molecule has 0 heterocycles. The molecule has 1 N–H and O–H groups in total. The van der Waals surface area contributed by atoms with Gasteiger partial charge in [0.2, 0.25) is 0 Å². The third-order valence-electron chi connectivity index (χ3n) is 1.96. The molecule has 0 saturated heterocycles. The fraction of sp³-hybridized carbons (Fsp3) is 0.800. The van der Waals surface area contributed by atoms with Crippen molar-refractivity contribution >= 4 is 20.6 Å². The van der Waals surface area contributed by atoms with Crippen LogP contribution in [0.15, 0.2) is 0 Å². The van der Waals surface area contributed by atoms with E-state index >= 15 is 0 Å². The molecule has 0 aliphatic heterocycles. The molecular formula is C10H22BNO2U-. The van der Waals surface area contributed by atoms with Crippen LogP contribution in [0.5, 0.6) is 0 Å². The van der Waals surface area contributed by atoms with Gasteiger partial charge in [-0.2, -0.15) is 6.41 Å². The molecule has 0 fully saturated rings. The van der Waals surface area contributed by atoms with Gasteiger partial charge in [0, 0.05) is 46.9 Å². The first-order valence-electron chi connectivity index (χ1n) is 4.29. The Morgan fingerprint density at radius 2 is 2.00 bits per heavy atom. The predicted octanol–water partition coefficient (Wildman–Crippen LogP) is 1.54. The van der Waals surface area contributed by atoms with Gasteiger partial charge in [-0.25, -0.2) is 0 Å². The van der Waals surface area contributed by atoms with Gasteiger partial charge in [-0.05, 0) is 26.3 Å². The van der Waals surface area contributed by atoms with E-state index in [1.54, 1.807) is 13.3 Å². The summed E-state index contributed by atoms with van der Waals surface area (Å²) in [5, 5.41) is 2.46. The van der Waals surface area contributed by atoms with E-state index in [1.165, 1.54) is 0 Å². The monoisotopic (exact) mass is 437 g/mol. The van der Waals surface area contributed by atoms with Crippen molar-refractivity contribution in [3.05, 3.63) is 0 Å². The molecule has 3 nitrogen and oxygen atoms in total.